The number of benzene rings is 4. The number of aromatic nitrogens is 2. The smallest absolute Gasteiger partial charge is 0.361 e. The third-order valence-corrected chi connectivity index (χ3v) is 12.3. The van der Waals surface area contributed by atoms with Gasteiger partial charge in [-0.1, -0.05) is 97.1 Å². The van der Waals surface area contributed by atoms with E-state index in [1.165, 1.54) is 0 Å². The molecule has 0 radical (unpaired) electrons. The minimum Gasteiger partial charge on any atom is -0.361 e. The van der Waals surface area contributed by atoms with E-state index in [2.05, 4.69) is 32.7 Å². The van der Waals surface area contributed by atoms with Crippen molar-refractivity contribution in [3.05, 3.63) is 130 Å². The van der Waals surface area contributed by atoms with Gasteiger partial charge in [-0.25, -0.2) is 30.0 Å². The standard InChI is InChI=1S/C36H26N8O2Si/c1-3-45-47(46-4-2)43-33-25-17-9-10-18-26(25)35(43)41-31-23-15-7-8-16-24(23)32(38-31)42-36-28-20-12-11-19-27(28)34(44(36)47)40-30-22-14-6-5-13-21(22)29(37-30)39-33/h5-20H,3-4H2,1-2H3. The van der Waals surface area contributed by atoms with Crippen LogP contribution in [0.5, 0.6) is 0 Å². The molecule has 4 aliphatic rings. The van der Waals surface area contributed by atoms with E-state index in [1.54, 1.807) is 0 Å². The molecule has 4 aromatic carbocycles. The zero-order valence-corrected chi connectivity index (χ0v) is 26.5. The Kier molecular flexibility index (Phi) is 5.48. The van der Waals surface area contributed by atoms with Crippen molar-refractivity contribution in [3.63, 3.8) is 0 Å². The Labute approximate surface area is 269 Å². The van der Waals surface area contributed by atoms with Crippen LogP contribution in [0.1, 0.15) is 36.1 Å². The second-order valence-corrected chi connectivity index (χ2v) is 14.1. The minimum absolute atomic E-state index is 0.364. The molecule has 11 heteroatoms. The van der Waals surface area contributed by atoms with Crippen molar-refractivity contribution in [1.82, 2.24) is 8.47 Å². The van der Waals surface area contributed by atoms with Crippen LogP contribution in [-0.2, 0) is 8.85 Å². The van der Waals surface area contributed by atoms with Crippen LogP contribution in [0.3, 0.4) is 0 Å². The molecule has 10 nitrogen and oxygen atoms in total. The highest BCUT2D eigenvalue weighted by atomic mass is 28.4. The van der Waals surface area contributed by atoms with Crippen molar-refractivity contribution in [3.8, 4) is 0 Å². The highest BCUT2D eigenvalue weighted by molar-refractivity contribution is 6.66. The number of nitrogens with zero attached hydrogens (tertiary/aromatic N) is 8. The monoisotopic (exact) mass is 630 g/mol. The summed E-state index contributed by atoms with van der Waals surface area (Å²) in [6.45, 7) is 4.71. The first-order valence-corrected chi connectivity index (χ1v) is 17.4. The highest BCUT2D eigenvalue weighted by Crippen LogP contribution is 2.43. The van der Waals surface area contributed by atoms with E-state index in [0.29, 0.717) is 59.2 Å². The zero-order valence-electron chi connectivity index (χ0n) is 25.5. The van der Waals surface area contributed by atoms with Gasteiger partial charge in [0.2, 0.25) is 0 Å². The summed E-state index contributed by atoms with van der Waals surface area (Å²) in [7, 11) is -3.89. The van der Waals surface area contributed by atoms with Crippen molar-refractivity contribution in [2.45, 2.75) is 13.8 Å². The maximum absolute atomic E-state index is 7.05. The Balaban J connectivity index is 1.54. The lowest BCUT2D eigenvalue weighted by Gasteiger charge is -2.32. The third-order valence-electron chi connectivity index (χ3n) is 8.98. The van der Waals surface area contributed by atoms with E-state index in [4.69, 9.17) is 38.8 Å². The number of fused-ring (bicyclic) bond motifs is 14. The van der Waals surface area contributed by atoms with Gasteiger partial charge in [0.25, 0.3) is 0 Å². The SMILES string of the molecule is CCO[Si]1(OCC)n2c3c4ccccc4c2N=C2N=C(N=c4c5ccccc5c(n41)=NC1=NC(=N3)c3ccccc31)c1ccccc12. The summed E-state index contributed by atoms with van der Waals surface area (Å²) in [4.78, 5) is 31.6. The summed E-state index contributed by atoms with van der Waals surface area (Å²) in [6, 6.07) is 32.6. The average molecular weight is 631 g/mol. The summed E-state index contributed by atoms with van der Waals surface area (Å²) in [6.07, 6.45) is 0. The minimum atomic E-state index is -3.89. The van der Waals surface area contributed by atoms with E-state index in [-0.39, 0.29) is 0 Å². The number of aliphatic imine (C=N–C) groups is 4. The van der Waals surface area contributed by atoms with Gasteiger partial charge in [-0.15, -0.1) is 0 Å². The molecule has 6 heterocycles. The predicted molar refractivity (Wildman–Crippen MR) is 184 cm³/mol. The van der Waals surface area contributed by atoms with Crippen LogP contribution in [0.2, 0.25) is 0 Å². The number of amidine groups is 4. The summed E-state index contributed by atoms with van der Waals surface area (Å²) in [5.41, 5.74) is 4.94. The molecule has 0 unspecified atom stereocenters. The van der Waals surface area contributed by atoms with Crippen LogP contribution in [0.15, 0.2) is 127 Å². The molecular weight excluding hydrogens is 605 g/mol. The molecule has 0 amide bonds. The Bertz CT molecular complexity index is 2460. The number of hydrogen-bond donors (Lipinski definition) is 0. The lowest BCUT2D eigenvalue weighted by molar-refractivity contribution is 0.162. The van der Waals surface area contributed by atoms with Crippen molar-refractivity contribution >= 4 is 65.4 Å². The van der Waals surface area contributed by atoms with Crippen molar-refractivity contribution in [2.24, 2.45) is 30.0 Å². The lowest BCUT2D eigenvalue weighted by atomic mass is 10.1. The molecule has 0 fully saturated rings. The molecule has 6 aromatic rings. The molecule has 47 heavy (non-hydrogen) atoms. The van der Waals surface area contributed by atoms with Crippen LogP contribution in [0, 0.1) is 0 Å². The van der Waals surface area contributed by atoms with Gasteiger partial charge >= 0.3 is 8.88 Å². The Hall–Kier alpha value is -5.62. The first-order chi connectivity index (χ1) is 23.2. The molecule has 0 aliphatic carbocycles. The second kappa shape index (κ2) is 9.69. The fraction of sp³-hybridized carbons (Fsp3) is 0.111. The van der Waals surface area contributed by atoms with E-state index < -0.39 is 8.88 Å². The van der Waals surface area contributed by atoms with Gasteiger partial charge in [-0.3, -0.25) is 8.47 Å². The zero-order chi connectivity index (χ0) is 31.3. The van der Waals surface area contributed by atoms with Gasteiger partial charge in [0.1, 0.15) is 22.6 Å². The van der Waals surface area contributed by atoms with Crippen molar-refractivity contribution in [1.29, 1.82) is 0 Å². The molecule has 4 aliphatic heterocycles. The lowest BCUT2D eigenvalue weighted by Crippen LogP contribution is -2.63. The van der Waals surface area contributed by atoms with Crippen molar-refractivity contribution < 1.29 is 8.85 Å². The molecule has 10 rings (SSSR count). The van der Waals surface area contributed by atoms with Crippen molar-refractivity contribution in [2.75, 3.05) is 13.2 Å². The molecule has 226 valence electrons. The predicted octanol–water partition coefficient (Wildman–Crippen LogP) is 5.44. The molecule has 0 saturated heterocycles. The number of hydrogen-bond acceptors (Lipinski definition) is 8. The Morgan fingerprint density at radius 1 is 0.447 bits per heavy atom. The summed E-state index contributed by atoms with van der Waals surface area (Å²) < 4.78 is 18.3. The fourth-order valence-corrected chi connectivity index (χ4v) is 10.4. The van der Waals surface area contributed by atoms with Gasteiger partial charge in [0.15, 0.2) is 23.3 Å². The second-order valence-electron chi connectivity index (χ2n) is 11.5. The summed E-state index contributed by atoms with van der Waals surface area (Å²) in [5, 5.41) is 3.61. The average Bonchev–Trinajstić information content (AvgIpc) is 3.81. The largest absolute Gasteiger partial charge is 0.603 e. The van der Waals surface area contributed by atoms with Crippen LogP contribution in [0.4, 0.5) is 11.6 Å². The maximum atomic E-state index is 7.05. The molecule has 0 atom stereocenters. The van der Waals surface area contributed by atoms with Gasteiger partial charge in [-0.2, -0.15) is 0 Å². The van der Waals surface area contributed by atoms with E-state index >= 15 is 0 Å². The molecule has 6 bridgehead atoms. The molecule has 0 spiro atoms. The maximum Gasteiger partial charge on any atom is 0.603 e. The fourth-order valence-electron chi connectivity index (χ4n) is 7.11. The van der Waals surface area contributed by atoms with Crippen LogP contribution in [-0.4, -0.2) is 53.9 Å². The van der Waals surface area contributed by atoms with Crippen LogP contribution in [0.25, 0.3) is 21.5 Å². The van der Waals surface area contributed by atoms with E-state index in [9.17, 15) is 0 Å². The summed E-state index contributed by atoms with van der Waals surface area (Å²) >= 11 is 0. The van der Waals surface area contributed by atoms with E-state index in [1.807, 2.05) is 86.6 Å². The highest BCUT2D eigenvalue weighted by Gasteiger charge is 2.52. The summed E-state index contributed by atoms with van der Waals surface area (Å²) in [5.74, 6) is 3.60. The first kappa shape index (κ1) is 26.6. The molecular formula is C36H26N8O2Si. The topological polar surface area (TPSA) is 102 Å². The quantitative estimate of drug-likeness (QED) is 0.242. The van der Waals surface area contributed by atoms with E-state index in [0.717, 1.165) is 43.8 Å². The normalized spacial score (nSPS) is 16.4. The van der Waals surface area contributed by atoms with Crippen LogP contribution >= 0.6 is 0 Å². The van der Waals surface area contributed by atoms with Gasteiger partial charge in [0, 0.05) is 57.0 Å². The molecule has 2 aromatic heterocycles. The van der Waals surface area contributed by atoms with Gasteiger partial charge in [-0.05, 0) is 13.8 Å². The molecule has 0 saturated carbocycles. The third kappa shape index (κ3) is 3.50. The Morgan fingerprint density at radius 3 is 1.21 bits per heavy atom. The van der Waals surface area contributed by atoms with Crippen LogP contribution < -0.4 is 11.0 Å². The van der Waals surface area contributed by atoms with Gasteiger partial charge in [0.05, 0.1) is 0 Å². The first-order valence-electron chi connectivity index (χ1n) is 15.7. The number of rotatable bonds is 4. The Morgan fingerprint density at radius 2 is 0.809 bits per heavy atom. The molecule has 0 N–H and O–H groups in total. The van der Waals surface area contributed by atoms with Gasteiger partial charge < -0.3 is 8.85 Å².